The van der Waals surface area contributed by atoms with E-state index < -0.39 is 36.4 Å². The second-order valence-electron chi connectivity index (χ2n) is 10.3. The molecule has 12 heteroatoms. The van der Waals surface area contributed by atoms with Crippen LogP contribution in [-0.2, 0) is 22.4 Å². The van der Waals surface area contributed by atoms with Crippen molar-refractivity contribution in [2.75, 3.05) is 26.7 Å². The number of hydrogen-bond acceptors (Lipinski definition) is 6. The molecule has 0 saturated carbocycles. The molecule has 0 bridgehead atoms. The Hall–Kier alpha value is -4.16. The summed E-state index contributed by atoms with van der Waals surface area (Å²) in [5.74, 6) is -2.49. The van der Waals surface area contributed by atoms with Crippen LogP contribution in [0.15, 0.2) is 60.7 Å². The summed E-state index contributed by atoms with van der Waals surface area (Å²) in [5.41, 5.74) is 1.65. The minimum atomic E-state index is -1.24. The van der Waals surface area contributed by atoms with Gasteiger partial charge >= 0.3 is 12.1 Å². The summed E-state index contributed by atoms with van der Waals surface area (Å²) in [6.07, 6.45) is -0.686. The Morgan fingerprint density at radius 3 is 1.26 bits per heavy atom. The van der Waals surface area contributed by atoms with E-state index in [-0.39, 0.29) is 51.6 Å². The fourth-order valence-electron chi connectivity index (χ4n) is 6.31. The Balaban J connectivity index is 1.25. The number of benzene rings is 2. The number of quaternary nitrogens is 2. The number of carboxylic acid groups (broad SMARTS) is 2. The van der Waals surface area contributed by atoms with E-state index >= 15 is 0 Å². The highest BCUT2D eigenvalue weighted by molar-refractivity contribution is 5.85. The van der Waals surface area contributed by atoms with Gasteiger partial charge in [-0.15, -0.1) is 0 Å². The Kier molecular flexibility index (Phi) is 5.92. The van der Waals surface area contributed by atoms with Crippen LogP contribution in [-0.4, -0.2) is 94.7 Å². The number of urea groups is 2. The highest BCUT2D eigenvalue weighted by atomic mass is 16.4. The maximum Gasteiger partial charge on any atom is 0.332 e. The van der Waals surface area contributed by atoms with Crippen LogP contribution in [0.2, 0.25) is 0 Å². The quantitative estimate of drug-likeness (QED) is 0.360. The highest BCUT2D eigenvalue weighted by Crippen LogP contribution is 2.35. The maximum absolute atomic E-state index is 13.6. The molecular formula is C26H28N6O6. The highest BCUT2D eigenvalue weighted by Gasteiger charge is 2.66. The van der Waals surface area contributed by atoms with Gasteiger partial charge < -0.3 is 19.8 Å². The number of carbonyl (C=O) groups excluding carboxylic acids is 4. The molecule has 2 aromatic carbocycles. The number of nitrogens with zero attached hydrogens (tertiary/aromatic N) is 4. The zero-order valence-corrected chi connectivity index (χ0v) is 20.6. The topological polar surface area (TPSA) is 136 Å². The number of hydrogen-bond donors (Lipinski definition) is 2. The fraction of sp³-hybridized carbons (Fsp3) is 0.385. The first kappa shape index (κ1) is 24.2. The van der Waals surface area contributed by atoms with Gasteiger partial charge in [0, 0.05) is 12.8 Å². The van der Waals surface area contributed by atoms with Crippen molar-refractivity contribution in [3.63, 3.8) is 0 Å². The van der Waals surface area contributed by atoms with E-state index in [1.807, 2.05) is 60.7 Å². The van der Waals surface area contributed by atoms with Crippen LogP contribution in [0.3, 0.4) is 0 Å². The van der Waals surface area contributed by atoms with Gasteiger partial charge in [-0.25, -0.2) is 9.59 Å². The summed E-state index contributed by atoms with van der Waals surface area (Å²) in [4.78, 5) is 58.7. The van der Waals surface area contributed by atoms with Crippen LogP contribution in [0.4, 0.5) is 9.59 Å². The van der Waals surface area contributed by atoms with E-state index in [1.54, 1.807) is 0 Å². The molecule has 4 saturated heterocycles. The lowest BCUT2D eigenvalue weighted by Crippen LogP contribution is -3.22. The normalized spacial score (nSPS) is 27.4. The van der Waals surface area contributed by atoms with Gasteiger partial charge in [-0.1, -0.05) is 60.7 Å². The fourth-order valence-corrected chi connectivity index (χ4v) is 6.31. The summed E-state index contributed by atoms with van der Waals surface area (Å²) in [6.45, 7) is 0.400. The van der Waals surface area contributed by atoms with Crippen LogP contribution in [0.5, 0.6) is 0 Å². The van der Waals surface area contributed by atoms with Crippen molar-refractivity contribution >= 4 is 24.0 Å². The molecule has 4 aliphatic rings. The number of aliphatic carboxylic acids is 2. The molecule has 6 rings (SSSR count). The molecule has 4 amide bonds. The largest absolute Gasteiger partial charge is 0.544 e. The molecule has 0 spiro atoms. The molecule has 4 heterocycles. The van der Waals surface area contributed by atoms with Gasteiger partial charge in [-0.05, 0) is 11.1 Å². The van der Waals surface area contributed by atoms with Crippen molar-refractivity contribution in [1.29, 1.82) is 0 Å². The molecule has 2 aromatic rings. The van der Waals surface area contributed by atoms with Gasteiger partial charge in [0.2, 0.25) is 0 Å². The molecule has 0 aromatic heterocycles. The second-order valence-corrected chi connectivity index (χ2v) is 10.3. The van der Waals surface area contributed by atoms with E-state index in [4.69, 9.17) is 0 Å². The second kappa shape index (κ2) is 9.30. The Labute approximate surface area is 218 Å². The lowest BCUT2D eigenvalue weighted by molar-refractivity contribution is -0.944. The number of amides is 4. The monoisotopic (exact) mass is 520 g/mol. The molecule has 198 valence electrons. The van der Waals surface area contributed by atoms with E-state index in [1.165, 1.54) is 19.6 Å². The Bertz CT molecular complexity index is 1130. The SMILES string of the molecule is O=C([O-])[C@H](Cc1ccccc1)[NH+]1CN2C(=O)N3C[NH+]([C@@H](Cc4ccccc4)C(=O)[O-])CN4C(=O)N(C1)C2C34. The number of rotatable bonds is 8. The van der Waals surface area contributed by atoms with Crippen molar-refractivity contribution in [2.45, 2.75) is 37.3 Å². The van der Waals surface area contributed by atoms with Gasteiger partial charge in [0.15, 0.2) is 39.0 Å². The van der Waals surface area contributed by atoms with E-state index in [9.17, 15) is 29.4 Å². The molecule has 2 N–H and O–H groups in total. The first-order chi connectivity index (χ1) is 18.3. The van der Waals surface area contributed by atoms with Gasteiger partial charge in [0.1, 0.15) is 12.1 Å². The summed E-state index contributed by atoms with van der Waals surface area (Å²) in [5, 5.41) is 24.3. The van der Waals surface area contributed by atoms with Gasteiger partial charge in [-0.2, -0.15) is 0 Å². The molecule has 0 unspecified atom stereocenters. The van der Waals surface area contributed by atoms with E-state index in [2.05, 4.69) is 0 Å². The van der Waals surface area contributed by atoms with Gasteiger partial charge in [-0.3, -0.25) is 29.4 Å². The van der Waals surface area contributed by atoms with Crippen LogP contribution < -0.4 is 20.0 Å². The number of nitrogens with one attached hydrogen (secondary N) is 2. The van der Waals surface area contributed by atoms with Crippen molar-refractivity contribution in [3.8, 4) is 0 Å². The molecule has 12 nitrogen and oxygen atoms in total. The zero-order chi connectivity index (χ0) is 26.6. The smallest absolute Gasteiger partial charge is 0.332 e. The van der Waals surface area contributed by atoms with Gasteiger partial charge in [0.25, 0.3) is 0 Å². The molecule has 2 atom stereocenters. The van der Waals surface area contributed by atoms with Gasteiger partial charge in [0.05, 0.1) is 11.9 Å². The first-order valence-corrected chi connectivity index (χ1v) is 12.7. The van der Waals surface area contributed by atoms with Crippen LogP contribution in [0, 0.1) is 0 Å². The molecule has 38 heavy (non-hydrogen) atoms. The minimum Gasteiger partial charge on any atom is -0.544 e. The summed E-state index contributed by atoms with van der Waals surface area (Å²) < 4.78 is 0. The standard InChI is InChI=1S/C26H28N6O6/c33-23(34)19(11-17-7-3-1-4-8-17)27-13-29-21-22-31(25(29)37)15-28(16-32(22)26(38)30(21)14-27)20(24(35)36)12-18-9-5-2-6-10-18/h1-10,19-22H,11-16H2,(H,33,34)(H,35,36)/t19-,20-,21?,22?/m0/s1. The van der Waals surface area contributed by atoms with Crippen molar-refractivity contribution < 1.29 is 39.2 Å². The molecule has 4 aliphatic heterocycles. The molecule has 0 aliphatic carbocycles. The molecule has 0 radical (unpaired) electrons. The third kappa shape index (κ3) is 3.92. The third-order valence-electron chi connectivity index (χ3n) is 8.14. The first-order valence-electron chi connectivity index (χ1n) is 12.7. The lowest BCUT2D eigenvalue weighted by Gasteiger charge is -2.43. The summed E-state index contributed by atoms with van der Waals surface area (Å²) in [7, 11) is 0. The van der Waals surface area contributed by atoms with Crippen molar-refractivity contribution in [1.82, 2.24) is 19.6 Å². The van der Waals surface area contributed by atoms with Crippen LogP contribution in [0.1, 0.15) is 11.1 Å². The third-order valence-corrected chi connectivity index (χ3v) is 8.14. The predicted molar refractivity (Wildman–Crippen MR) is 125 cm³/mol. The Morgan fingerprint density at radius 1 is 0.658 bits per heavy atom. The predicted octanol–water partition coefficient (Wildman–Crippen LogP) is -4.54. The summed E-state index contributed by atoms with van der Waals surface area (Å²) in [6, 6.07) is 15.7. The zero-order valence-electron chi connectivity index (χ0n) is 20.6. The van der Waals surface area contributed by atoms with Crippen molar-refractivity contribution in [3.05, 3.63) is 71.8 Å². The van der Waals surface area contributed by atoms with Crippen LogP contribution in [0.25, 0.3) is 0 Å². The average Bonchev–Trinajstić information content (AvgIpc) is 3.37. The molecular weight excluding hydrogens is 492 g/mol. The average molecular weight is 521 g/mol. The van der Waals surface area contributed by atoms with E-state index in [0.717, 1.165) is 11.1 Å². The number of carbonyl (C=O) groups is 4. The lowest BCUT2D eigenvalue weighted by atomic mass is 10.0. The minimum absolute atomic E-state index is 0.100. The number of carboxylic acids is 2. The van der Waals surface area contributed by atoms with Crippen molar-refractivity contribution in [2.24, 2.45) is 0 Å². The van der Waals surface area contributed by atoms with Crippen LogP contribution >= 0.6 is 0 Å². The molecule has 4 fully saturated rings. The van der Waals surface area contributed by atoms with E-state index in [0.29, 0.717) is 9.80 Å². The Morgan fingerprint density at radius 2 is 0.974 bits per heavy atom. The maximum atomic E-state index is 13.6. The summed E-state index contributed by atoms with van der Waals surface area (Å²) >= 11 is 0.